The van der Waals surface area contributed by atoms with E-state index in [0.29, 0.717) is 0 Å². The van der Waals surface area contributed by atoms with E-state index in [1.807, 2.05) is 0 Å². The highest BCUT2D eigenvalue weighted by Gasteiger charge is 2.31. The van der Waals surface area contributed by atoms with Crippen LogP contribution < -0.4 is 0 Å². The molecule has 0 aliphatic heterocycles. The molecule has 3 nitrogen and oxygen atoms in total. The smallest absolute Gasteiger partial charge is 0.329 e. The minimum atomic E-state index is -3.16. The van der Waals surface area contributed by atoms with Crippen LogP contribution in [0.5, 0.6) is 0 Å². The van der Waals surface area contributed by atoms with E-state index in [9.17, 15) is 13.6 Å². The molecule has 0 saturated carbocycles. The van der Waals surface area contributed by atoms with E-state index in [4.69, 9.17) is 5.11 Å². The summed E-state index contributed by atoms with van der Waals surface area (Å²) in [5, 5.41) is 8.21. The summed E-state index contributed by atoms with van der Waals surface area (Å²) in [6.07, 6.45) is 0. The second-order valence-corrected chi connectivity index (χ2v) is 2.96. The quantitative estimate of drug-likeness (QED) is 0.817. The summed E-state index contributed by atoms with van der Waals surface area (Å²) >= 11 is 0. The maximum Gasteiger partial charge on any atom is 0.329 e. The predicted molar refractivity (Wildman–Crippen MR) is 48.8 cm³/mol. The summed E-state index contributed by atoms with van der Waals surface area (Å²) in [4.78, 5) is 10.1. The lowest BCUT2D eigenvalue weighted by Crippen LogP contribution is -2.23. The van der Waals surface area contributed by atoms with Gasteiger partial charge in [0.25, 0.3) is 5.92 Å². The SMILES string of the molecule is O=C(O)COCC(F)(F)c1ccccc1. The molecule has 1 rings (SSSR count). The summed E-state index contributed by atoms with van der Waals surface area (Å²) in [6, 6.07) is 7.13. The first-order valence-corrected chi connectivity index (χ1v) is 4.25. The van der Waals surface area contributed by atoms with Crippen molar-refractivity contribution < 1.29 is 23.4 Å². The number of carboxylic acid groups (broad SMARTS) is 1. The fourth-order valence-corrected chi connectivity index (χ4v) is 1.03. The average Bonchev–Trinajstić information content (AvgIpc) is 2.18. The molecule has 0 bridgehead atoms. The van der Waals surface area contributed by atoms with E-state index in [2.05, 4.69) is 4.74 Å². The highest BCUT2D eigenvalue weighted by molar-refractivity contribution is 5.67. The maximum atomic E-state index is 13.3. The molecule has 0 spiro atoms. The number of hydrogen-bond acceptors (Lipinski definition) is 2. The van der Waals surface area contributed by atoms with Crippen LogP contribution in [0.1, 0.15) is 5.56 Å². The number of alkyl halides is 2. The first-order valence-electron chi connectivity index (χ1n) is 4.25. The van der Waals surface area contributed by atoms with Gasteiger partial charge in [0.05, 0.1) is 0 Å². The van der Waals surface area contributed by atoms with Crippen molar-refractivity contribution in [3.8, 4) is 0 Å². The van der Waals surface area contributed by atoms with Crippen LogP contribution in [0.4, 0.5) is 8.78 Å². The van der Waals surface area contributed by atoms with Crippen LogP contribution >= 0.6 is 0 Å². The Labute approximate surface area is 85.3 Å². The van der Waals surface area contributed by atoms with E-state index in [-0.39, 0.29) is 5.56 Å². The summed E-state index contributed by atoms with van der Waals surface area (Å²) in [5.74, 6) is -4.42. The van der Waals surface area contributed by atoms with E-state index in [1.165, 1.54) is 24.3 Å². The lowest BCUT2D eigenvalue weighted by molar-refractivity contribution is -0.147. The van der Waals surface area contributed by atoms with Crippen LogP contribution in [0.15, 0.2) is 30.3 Å². The molecule has 15 heavy (non-hydrogen) atoms. The zero-order valence-electron chi connectivity index (χ0n) is 7.82. The van der Waals surface area contributed by atoms with Gasteiger partial charge >= 0.3 is 5.97 Å². The third-order valence-electron chi connectivity index (χ3n) is 1.71. The molecule has 0 heterocycles. The molecule has 0 aliphatic carbocycles. The zero-order valence-corrected chi connectivity index (χ0v) is 7.82. The van der Waals surface area contributed by atoms with Gasteiger partial charge < -0.3 is 9.84 Å². The molecule has 0 fully saturated rings. The summed E-state index contributed by atoms with van der Waals surface area (Å²) in [5.41, 5.74) is -0.185. The molecule has 0 saturated heterocycles. The molecule has 1 N–H and O–H groups in total. The number of ether oxygens (including phenoxy) is 1. The molecule has 1 aromatic rings. The van der Waals surface area contributed by atoms with Crippen LogP contribution in [0.25, 0.3) is 0 Å². The standard InChI is InChI=1S/C10H10F2O3/c11-10(12,7-15-6-9(13)14)8-4-2-1-3-5-8/h1-5H,6-7H2,(H,13,14). The number of rotatable bonds is 5. The van der Waals surface area contributed by atoms with Crippen LogP contribution in [0.2, 0.25) is 0 Å². The van der Waals surface area contributed by atoms with Crippen LogP contribution in [-0.4, -0.2) is 24.3 Å². The van der Waals surface area contributed by atoms with Gasteiger partial charge in [-0.05, 0) is 0 Å². The van der Waals surface area contributed by atoms with Crippen LogP contribution in [-0.2, 0) is 15.5 Å². The van der Waals surface area contributed by atoms with Gasteiger partial charge in [-0.2, -0.15) is 8.78 Å². The Morgan fingerprint density at radius 2 is 1.93 bits per heavy atom. The summed E-state index contributed by atoms with van der Waals surface area (Å²) in [7, 11) is 0. The topological polar surface area (TPSA) is 46.5 Å². The maximum absolute atomic E-state index is 13.3. The monoisotopic (exact) mass is 216 g/mol. The number of carbonyl (C=O) groups is 1. The second-order valence-electron chi connectivity index (χ2n) is 2.96. The van der Waals surface area contributed by atoms with Gasteiger partial charge in [-0.3, -0.25) is 0 Å². The third kappa shape index (κ3) is 3.63. The Hall–Kier alpha value is -1.49. The Kier molecular flexibility index (Phi) is 3.74. The van der Waals surface area contributed by atoms with Gasteiger partial charge in [0, 0.05) is 5.56 Å². The fraction of sp³-hybridized carbons (Fsp3) is 0.300. The van der Waals surface area contributed by atoms with E-state index >= 15 is 0 Å². The summed E-state index contributed by atoms with van der Waals surface area (Å²) in [6.45, 7) is -1.65. The van der Waals surface area contributed by atoms with Crippen molar-refractivity contribution in [2.75, 3.05) is 13.2 Å². The second kappa shape index (κ2) is 4.84. The van der Waals surface area contributed by atoms with Crippen molar-refractivity contribution in [3.63, 3.8) is 0 Å². The lowest BCUT2D eigenvalue weighted by Gasteiger charge is -2.15. The number of aliphatic carboxylic acids is 1. The molecule has 82 valence electrons. The van der Waals surface area contributed by atoms with Crippen LogP contribution in [0, 0.1) is 0 Å². The predicted octanol–water partition coefficient (Wildman–Crippen LogP) is 1.88. The van der Waals surface area contributed by atoms with Crippen LogP contribution in [0.3, 0.4) is 0 Å². The molecule has 0 amide bonds. The van der Waals surface area contributed by atoms with Crippen molar-refractivity contribution in [3.05, 3.63) is 35.9 Å². The average molecular weight is 216 g/mol. The van der Waals surface area contributed by atoms with Crippen molar-refractivity contribution in [2.24, 2.45) is 0 Å². The highest BCUT2D eigenvalue weighted by Crippen LogP contribution is 2.27. The Morgan fingerprint density at radius 3 is 2.47 bits per heavy atom. The largest absolute Gasteiger partial charge is 0.480 e. The number of hydrogen-bond donors (Lipinski definition) is 1. The zero-order chi connectivity index (χ0) is 11.3. The Morgan fingerprint density at radius 1 is 1.33 bits per heavy atom. The first-order chi connectivity index (χ1) is 7.02. The molecular weight excluding hydrogens is 206 g/mol. The molecule has 0 aliphatic rings. The van der Waals surface area contributed by atoms with Gasteiger partial charge in [0.15, 0.2) is 0 Å². The molecule has 0 aromatic heterocycles. The molecule has 0 atom stereocenters. The number of carboxylic acids is 1. The molecule has 0 unspecified atom stereocenters. The Bertz CT molecular complexity index is 325. The van der Waals surface area contributed by atoms with Gasteiger partial charge in [0.1, 0.15) is 13.2 Å². The number of benzene rings is 1. The fourth-order valence-electron chi connectivity index (χ4n) is 1.03. The normalized spacial score (nSPS) is 11.3. The van der Waals surface area contributed by atoms with Crippen molar-refractivity contribution in [2.45, 2.75) is 5.92 Å². The Balaban J connectivity index is 2.56. The number of halogens is 2. The van der Waals surface area contributed by atoms with Crippen molar-refractivity contribution >= 4 is 5.97 Å². The highest BCUT2D eigenvalue weighted by atomic mass is 19.3. The third-order valence-corrected chi connectivity index (χ3v) is 1.71. The van der Waals surface area contributed by atoms with E-state index < -0.39 is 25.1 Å². The minimum absolute atomic E-state index is 0.185. The van der Waals surface area contributed by atoms with Crippen molar-refractivity contribution in [1.29, 1.82) is 0 Å². The van der Waals surface area contributed by atoms with E-state index in [0.717, 1.165) is 0 Å². The first kappa shape index (κ1) is 11.6. The van der Waals surface area contributed by atoms with Gasteiger partial charge in [-0.25, -0.2) is 4.79 Å². The van der Waals surface area contributed by atoms with Crippen molar-refractivity contribution in [1.82, 2.24) is 0 Å². The molecule has 5 heteroatoms. The van der Waals surface area contributed by atoms with Gasteiger partial charge in [-0.1, -0.05) is 30.3 Å². The molecule has 1 aromatic carbocycles. The lowest BCUT2D eigenvalue weighted by atomic mass is 10.1. The van der Waals surface area contributed by atoms with Gasteiger partial charge in [0.2, 0.25) is 0 Å². The molecular formula is C10H10F2O3. The molecule has 0 radical (unpaired) electrons. The van der Waals surface area contributed by atoms with Gasteiger partial charge in [-0.15, -0.1) is 0 Å². The van der Waals surface area contributed by atoms with E-state index in [1.54, 1.807) is 6.07 Å². The minimum Gasteiger partial charge on any atom is -0.480 e. The summed E-state index contributed by atoms with van der Waals surface area (Å²) < 4.78 is 30.9.